The standard InChI is InChI=1S/C11H15N5O5S2/c1-23(19,20)21-8-7(18)5(2-17)22-11(8)16-4-15-6-9(12)13-3-14-10(6)16/h3-5,7-8,11,17-18H,2H2,1H3,(H2,12,13,14). The molecule has 1 saturated heterocycles. The fourth-order valence-electron chi connectivity index (χ4n) is 2.45. The average molecular weight is 361 g/mol. The highest BCUT2D eigenvalue weighted by atomic mass is 32.2. The molecule has 3 heterocycles. The lowest BCUT2D eigenvalue weighted by Gasteiger charge is -2.21. The molecule has 1 fully saturated rings. The number of aromatic nitrogens is 4. The van der Waals surface area contributed by atoms with Gasteiger partial charge in [0.25, 0.3) is 10.1 Å². The molecular weight excluding hydrogens is 346 g/mol. The molecule has 0 spiro atoms. The van der Waals surface area contributed by atoms with Gasteiger partial charge < -0.3 is 15.9 Å². The summed E-state index contributed by atoms with van der Waals surface area (Å²) < 4.78 is 29.6. The molecule has 4 N–H and O–H groups in total. The second-order valence-corrected chi connectivity index (χ2v) is 8.05. The monoisotopic (exact) mass is 361 g/mol. The molecule has 0 amide bonds. The lowest BCUT2D eigenvalue weighted by Crippen LogP contribution is -2.36. The van der Waals surface area contributed by atoms with Crippen LogP contribution in [0.3, 0.4) is 0 Å². The third-order valence-corrected chi connectivity index (χ3v) is 5.56. The molecule has 2 aromatic rings. The van der Waals surface area contributed by atoms with Crippen LogP contribution in [0.5, 0.6) is 0 Å². The smallest absolute Gasteiger partial charge is 0.264 e. The number of aliphatic hydroxyl groups excluding tert-OH is 2. The summed E-state index contributed by atoms with van der Waals surface area (Å²) in [6, 6.07) is 0. The van der Waals surface area contributed by atoms with Gasteiger partial charge in [0.1, 0.15) is 23.3 Å². The van der Waals surface area contributed by atoms with Gasteiger partial charge in [-0.2, -0.15) is 8.42 Å². The number of aliphatic hydroxyl groups is 2. The van der Waals surface area contributed by atoms with Gasteiger partial charge >= 0.3 is 0 Å². The Balaban J connectivity index is 2.05. The normalized spacial score (nSPS) is 28.5. The third-order valence-electron chi connectivity index (χ3n) is 3.44. The van der Waals surface area contributed by atoms with Crippen molar-refractivity contribution in [2.24, 2.45) is 0 Å². The van der Waals surface area contributed by atoms with E-state index in [2.05, 4.69) is 15.0 Å². The molecule has 3 rings (SSSR count). The van der Waals surface area contributed by atoms with Crippen LogP contribution in [0.1, 0.15) is 5.37 Å². The van der Waals surface area contributed by atoms with Gasteiger partial charge in [0.05, 0.1) is 30.5 Å². The van der Waals surface area contributed by atoms with Crippen molar-refractivity contribution < 1.29 is 22.8 Å². The van der Waals surface area contributed by atoms with Crippen LogP contribution in [0.25, 0.3) is 11.2 Å². The number of nitrogens with two attached hydrogens (primary N) is 1. The van der Waals surface area contributed by atoms with Crippen LogP contribution < -0.4 is 5.73 Å². The van der Waals surface area contributed by atoms with Gasteiger partial charge in [0, 0.05) is 0 Å². The van der Waals surface area contributed by atoms with E-state index in [9.17, 15) is 18.6 Å². The molecule has 1 aliphatic heterocycles. The van der Waals surface area contributed by atoms with Crippen molar-refractivity contribution in [2.45, 2.75) is 22.8 Å². The van der Waals surface area contributed by atoms with Crippen LogP contribution in [-0.2, 0) is 14.3 Å². The zero-order chi connectivity index (χ0) is 16.8. The number of anilines is 1. The minimum atomic E-state index is -3.80. The topological polar surface area (TPSA) is 153 Å². The minimum Gasteiger partial charge on any atom is -0.395 e. The van der Waals surface area contributed by atoms with Crippen LogP contribution in [0.15, 0.2) is 12.7 Å². The third kappa shape index (κ3) is 2.99. The number of thioether (sulfide) groups is 1. The van der Waals surface area contributed by atoms with E-state index in [4.69, 9.17) is 9.92 Å². The Morgan fingerprint density at radius 2 is 2.17 bits per heavy atom. The molecule has 1 aliphatic rings. The predicted octanol–water partition coefficient (Wildman–Crippen LogP) is -1.28. The largest absolute Gasteiger partial charge is 0.395 e. The van der Waals surface area contributed by atoms with Crippen LogP contribution in [0, 0.1) is 0 Å². The number of imidazole rings is 1. The first-order valence-corrected chi connectivity index (χ1v) is 9.33. The van der Waals surface area contributed by atoms with Crippen molar-refractivity contribution in [3.05, 3.63) is 12.7 Å². The van der Waals surface area contributed by atoms with Crippen molar-refractivity contribution in [3.8, 4) is 0 Å². The summed E-state index contributed by atoms with van der Waals surface area (Å²) in [5.41, 5.74) is 6.50. The van der Waals surface area contributed by atoms with Gasteiger partial charge in [-0.15, -0.1) is 11.8 Å². The highest BCUT2D eigenvalue weighted by molar-refractivity contribution is 8.00. The van der Waals surface area contributed by atoms with Crippen LogP contribution >= 0.6 is 11.8 Å². The Kier molecular flexibility index (Phi) is 4.18. The van der Waals surface area contributed by atoms with Gasteiger partial charge in [0.15, 0.2) is 11.5 Å². The highest BCUT2D eigenvalue weighted by Crippen LogP contribution is 2.44. The van der Waals surface area contributed by atoms with Gasteiger partial charge in [-0.3, -0.25) is 8.75 Å². The number of fused-ring (bicyclic) bond motifs is 1. The average Bonchev–Trinajstić information content (AvgIpc) is 3.01. The van der Waals surface area contributed by atoms with E-state index >= 15 is 0 Å². The molecular formula is C11H15N5O5S2. The summed E-state index contributed by atoms with van der Waals surface area (Å²) in [5, 5.41) is 18.4. The molecule has 0 bridgehead atoms. The molecule has 23 heavy (non-hydrogen) atoms. The van der Waals surface area contributed by atoms with E-state index in [1.165, 1.54) is 24.4 Å². The molecule has 4 unspecified atom stereocenters. The lowest BCUT2D eigenvalue weighted by molar-refractivity contribution is 0.0310. The number of rotatable bonds is 4. The first-order chi connectivity index (χ1) is 10.8. The van der Waals surface area contributed by atoms with Crippen molar-refractivity contribution in [1.82, 2.24) is 19.5 Å². The fourth-order valence-corrected chi connectivity index (χ4v) is 4.56. The maximum Gasteiger partial charge on any atom is 0.264 e. The first kappa shape index (κ1) is 16.4. The number of nitrogens with zero attached hydrogens (tertiary/aromatic N) is 4. The van der Waals surface area contributed by atoms with Crippen LogP contribution in [0.4, 0.5) is 5.82 Å². The Morgan fingerprint density at radius 3 is 2.83 bits per heavy atom. The molecule has 10 nitrogen and oxygen atoms in total. The highest BCUT2D eigenvalue weighted by Gasteiger charge is 2.47. The summed E-state index contributed by atoms with van der Waals surface area (Å²) in [6.45, 7) is -0.324. The number of nitrogen functional groups attached to an aromatic ring is 1. The molecule has 126 valence electrons. The van der Waals surface area contributed by atoms with Crippen molar-refractivity contribution in [1.29, 1.82) is 0 Å². The molecule has 0 saturated carbocycles. The summed E-state index contributed by atoms with van der Waals surface area (Å²) in [5.74, 6) is 0.191. The molecule has 2 aromatic heterocycles. The van der Waals surface area contributed by atoms with E-state index in [1.807, 2.05) is 0 Å². The van der Waals surface area contributed by atoms with E-state index < -0.39 is 32.9 Å². The van der Waals surface area contributed by atoms with Crippen molar-refractivity contribution in [2.75, 3.05) is 18.6 Å². The Hall–Kier alpha value is -1.47. The van der Waals surface area contributed by atoms with E-state index in [0.717, 1.165) is 6.26 Å². The van der Waals surface area contributed by atoms with E-state index in [-0.39, 0.29) is 12.4 Å². The quantitative estimate of drug-likeness (QED) is 0.561. The molecule has 4 atom stereocenters. The first-order valence-electron chi connectivity index (χ1n) is 6.57. The second-order valence-electron chi connectivity index (χ2n) is 5.09. The SMILES string of the molecule is CS(=O)(=O)OC1C(O)C(CO)SC1n1cnc2c(N)ncnc21. The Bertz CT molecular complexity index is 825. The fraction of sp³-hybridized carbons (Fsp3) is 0.545. The molecule has 0 aliphatic carbocycles. The zero-order valence-electron chi connectivity index (χ0n) is 12.0. The van der Waals surface area contributed by atoms with Crippen LogP contribution in [0.2, 0.25) is 0 Å². The molecule has 12 heteroatoms. The molecule has 0 aromatic carbocycles. The summed E-state index contributed by atoms with van der Waals surface area (Å²) in [4.78, 5) is 12.1. The number of hydrogen-bond donors (Lipinski definition) is 3. The van der Waals surface area contributed by atoms with Crippen LogP contribution in [-0.4, -0.2) is 68.5 Å². The van der Waals surface area contributed by atoms with Gasteiger partial charge in [-0.1, -0.05) is 0 Å². The Morgan fingerprint density at radius 1 is 1.43 bits per heavy atom. The lowest BCUT2D eigenvalue weighted by atomic mass is 10.1. The predicted molar refractivity (Wildman–Crippen MR) is 83.0 cm³/mol. The van der Waals surface area contributed by atoms with Gasteiger partial charge in [-0.05, 0) is 0 Å². The molecule has 0 radical (unpaired) electrons. The maximum atomic E-state index is 11.5. The van der Waals surface area contributed by atoms with E-state index in [0.29, 0.717) is 11.2 Å². The summed E-state index contributed by atoms with van der Waals surface area (Å²) in [7, 11) is -3.80. The van der Waals surface area contributed by atoms with Gasteiger partial charge in [0.2, 0.25) is 0 Å². The minimum absolute atomic E-state index is 0.191. The van der Waals surface area contributed by atoms with Crippen molar-refractivity contribution >= 4 is 38.9 Å². The number of hydrogen-bond acceptors (Lipinski definition) is 10. The zero-order valence-corrected chi connectivity index (χ0v) is 13.6. The second kappa shape index (κ2) is 5.87. The van der Waals surface area contributed by atoms with Crippen molar-refractivity contribution in [3.63, 3.8) is 0 Å². The maximum absolute atomic E-state index is 11.5. The van der Waals surface area contributed by atoms with E-state index in [1.54, 1.807) is 4.57 Å². The summed E-state index contributed by atoms with van der Waals surface area (Å²) in [6.07, 6.45) is 1.35. The van der Waals surface area contributed by atoms with Gasteiger partial charge in [-0.25, -0.2) is 15.0 Å². The summed E-state index contributed by atoms with van der Waals surface area (Å²) >= 11 is 1.18. The Labute approximate surface area is 135 Å².